The Morgan fingerprint density at radius 1 is 1.14 bits per heavy atom. The van der Waals surface area contributed by atoms with Crippen LogP contribution in [0.3, 0.4) is 0 Å². The molecule has 0 radical (unpaired) electrons. The van der Waals surface area contributed by atoms with Crippen molar-refractivity contribution in [2.75, 3.05) is 7.05 Å². The number of likely N-dealkylation sites (N-methyl/N-ethyl adjacent to an activating group) is 1. The fourth-order valence-corrected chi connectivity index (χ4v) is 3.12. The molecule has 152 valence electrons. The average molecular weight is 393 g/mol. The Hall–Kier alpha value is -3.15. The fraction of sp³-hybridized carbons (Fsp3) is 0.348. The summed E-state index contributed by atoms with van der Waals surface area (Å²) in [4.78, 5) is 18.7. The molecule has 3 aromatic rings. The van der Waals surface area contributed by atoms with E-state index < -0.39 is 6.10 Å². The van der Waals surface area contributed by atoms with Crippen LogP contribution in [0, 0.1) is 6.92 Å². The summed E-state index contributed by atoms with van der Waals surface area (Å²) in [5.41, 5.74) is 3.08. The summed E-state index contributed by atoms with van der Waals surface area (Å²) in [7, 11) is 1.70. The van der Waals surface area contributed by atoms with Gasteiger partial charge in [0.15, 0.2) is 6.10 Å². The molecular weight excluding hydrogens is 366 g/mol. The number of aryl methyl sites for hydroxylation is 1. The lowest BCUT2D eigenvalue weighted by Gasteiger charge is -2.22. The predicted octanol–water partition coefficient (Wildman–Crippen LogP) is 4.59. The van der Waals surface area contributed by atoms with Crippen LogP contribution in [0.2, 0.25) is 0 Å². The van der Waals surface area contributed by atoms with Crippen LogP contribution in [0.25, 0.3) is 11.4 Å². The molecule has 1 heterocycles. The summed E-state index contributed by atoms with van der Waals surface area (Å²) in [6.45, 7) is 8.18. The third-order valence-electron chi connectivity index (χ3n) is 4.69. The van der Waals surface area contributed by atoms with Crippen molar-refractivity contribution in [1.29, 1.82) is 0 Å². The Kier molecular flexibility index (Phi) is 6.32. The number of carbonyl (C=O) groups excluding carboxylic acids is 1. The lowest BCUT2D eigenvalue weighted by molar-refractivity contribution is -0.137. The fourth-order valence-electron chi connectivity index (χ4n) is 3.12. The second kappa shape index (κ2) is 8.90. The van der Waals surface area contributed by atoms with Crippen LogP contribution in [0.15, 0.2) is 53.1 Å². The first-order valence-electron chi connectivity index (χ1n) is 9.75. The number of rotatable bonds is 7. The maximum absolute atomic E-state index is 12.8. The highest BCUT2D eigenvalue weighted by Gasteiger charge is 2.22. The zero-order valence-electron chi connectivity index (χ0n) is 17.5. The number of benzene rings is 2. The third kappa shape index (κ3) is 5.02. The largest absolute Gasteiger partial charge is 0.481 e. The van der Waals surface area contributed by atoms with Crippen LogP contribution in [0.5, 0.6) is 5.75 Å². The Balaban J connectivity index is 1.65. The van der Waals surface area contributed by atoms with Crippen molar-refractivity contribution in [3.63, 3.8) is 0 Å². The molecule has 29 heavy (non-hydrogen) atoms. The van der Waals surface area contributed by atoms with Crippen molar-refractivity contribution in [3.05, 3.63) is 65.5 Å². The van der Waals surface area contributed by atoms with Gasteiger partial charge in [-0.05, 0) is 37.5 Å². The van der Waals surface area contributed by atoms with Gasteiger partial charge in [0.1, 0.15) is 5.75 Å². The van der Waals surface area contributed by atoms with Gasteiger partial charge in [-0.25, -0.2) is 0 Å². The minimum absolute atomic E-state index is 0.154. The molecule has 6 heteroatoms. The molecule has 0 aliphatic heterocycles. The molecule has 0 N–H and O–H groups in total. The summed E-state index contributed by atoms with van der Waals surface area (Å²) < 4.78 is 11.3. The second-order valence-corrected chi connectivity index (χ2v) is 7.53. The molecule has 1 amide bonds. The number of carbonyl (C=O) groups is 1. The quantitative estimate of drug-likeness (QED) is 0.587. The van der Waals surface area contributed by atoms with E-state index in [9.17, 15) is 4.79 Å². The third-order valence-corrected chi connectivity index (χ3v) is 4.69. The first-order valence-corrected chi connectivity index (χ1v) is 9.75. The van der Waals surface area contributed by atoms with E-state index in [4.69, 9.17) is 9.26 Å². The van der Waals surface area contributed by atoms with Crippen LogP contribution >= 0.6 is 0 Å². The molecule has 0 aliphatic carbocycles. The summed E-state index contributed by atoms with van der Waals surface area (Å²) in [6.07, 6.45) is -0.626. The molecule has 0 saturated heterocycles. The molecule has 0 fully saturated rings. The lowest BCUT2D eigenvalue weighted by Crippen LogP contribution is -2.37. The molecule has 6 nitrogen and oxygen atoms in total. The summed E-state index contributed by atoms with van der Waals surface area (Å²) >= 11 is 0. The van der Waals surface area contributed by atoms with Gasteiger partial charge in [0.25, 0.3) is 5.91 Å². The van der Waals surface area contributed by atoms with Gasteiger partial charge in [-0.15, -0.1) is 0 Å². The van der Waals surface area contributed by atoms with Gasteiger partial charge in [-0.2, -0.15) is 4.98 Å². The smallest absolute Gasteiger partial charge is 0.263 e. The van der Waals surface area contributed by atoms with E-state index in [1.54, 1.807) is 14.0 Å². The first-order chi connectivity index (χ1) is 13.8. The maximum atomic E-state index is 12.8. The molecule has 2 aromatic carbocycles. The van der Waals surface area contributed by atoms with Crippen molar-refractivity contribution >= 4 is 5.91 Å². The van der Waals surface area contributed by atoms with Gasteiger partial charge in [0.05, 0.1) is 6.54 Å². The molecule has 0 bridgehead atoms. The Bertz CT molecular complexity index is 981. The number of ether oxygens (including phenoxy) is 1. The SMILES string of the molecule is Cc1cccc(-c2noc(CN(C)C(=O)C(C)Oc3ccccc3C(C)C)n2)c1. The minimum atomic E-state index is -0.626. The van der Waals surface area contributed by atoms with E-state index in [-0.39, 0.29) is 12.5 Å². The van der Waals surface area contributed by atoms with E-state index >= 15 is 0 Å². The summed E-state index contributed by atoms with van der Waals surface area (Å²) in [6, 6.07) is 15.7. The normalized spacial score (nSPS) is 12.1. The van der Waals surface area contributed by atoms with Gasteiger partial charge in [-0.3, -0.25) is 4.79 Å². The second-order valence-electron chi connectivity index (χ2n) is 7.53. The van der Waals surface area contributed by atoms with Gasteiger partial charge in [0.2, 0.25) is 11.7 Å². The van der Waals surface area contributed by atoms with E-state index in [0.29, 0.717) is 17.6 Å². The van der Waals surface area contributed by atoms with Crippen molar-refractivity contribution < 1.29 is 14.1 Å². The zero-order valence-corrected chi connectivity index (χ0v) is 17.5. The van der Waals surface area contributed by atoms with Gasteiger partial charge >= 0.3 is 0 Å². The molecule has 3 rings (SSSR count). The summed E-state index contributed by atoms with van der Waals surface area (Å²) in [5, 5.41) is 4.03. The Labute approximate surface area is 171 Å². The van der Waals surface area contributed by atoms with E-state index in [2.05, 4.69) is 24.0 Å². The number of nitrogens with zero attached hydrogens (tertiary/aromatic N) is 3. The average Bonchev–Trinajstić information content (AvgIpc) is 3.16. The van der Waals surface area contributed by atoms with Crippen molar-refractivity contribution in [3.8, 4) is 17.1 Å². The molecule has 1 unspecified atom stereocenters. The van der Waals surface area contributed by atoms with E-state index in [1.165, 1.54) is 4.90 Å². The van der Waals surface area contributed by atoms with E-state index in [1.807, 2.05) is 55.5 Å². The Morgan fingerprint density at radius 3 is 2.62 bits per heavy atom. The van der Waals surface area contributed by atoms with E-state index in [0.717, 1.165) is 22.4 Å². The van der Waals surface area contributed by atoms with Gasteiger partial charge < -0.3 is 14.2 Å². The molecule has 0 aliphatic rings. The topological polar surface area (TPSA) is 68.5 Å². The predicted molar refractivity (Wildman–Crippen MR) is 112 cm³/mol. The summed E-state index contributed by atoms with van der Waals surface area (Å²) in [5.74, 6) is 1.78. The number of hydrogen-bond acceptors (Lipinski definition) is 5. The lowest BCUT2D eigenvalue weighted by atomic mass is 10.0. The molecular formula is C23H27N3O3. The molecule has 0 spiro atoms. The first kappa shape index (κ1) is 20.6. The van der Waals surface area contributed by atoms with Crippen LogP contribution in [-0.2, 0) is 11.3 Å². The highest BCUT2D eigenvalue weighted by atomic mass is 16.5. The van der Waals surface area contributed by atoms with Crippen LogP contribution in [0.4, 0.5) is 0 Å². The maximum Gasteiger partial charge on any atom is 0.263 e. The zero-order chi connectivity index (χ0) is 21.0. The van der Waals surface area contributed by atoms with Crippen LogP contribution in [-0.4, -0.2) is 34.1 Å². The minimum Gasteiger partial charge on any atom is -0.481 e. The molecule has 1 aromatic heterocycles. The molecule has 1 atom stereocenters. The van der Waals surface area contributed by atoms with Crippen molar-refractivity contribution in [2.45, 2.75) is 46.3 Å². The van der Waals surface area contributed by atoms with Crippen molar-refractivity contribution in [2.24, 2.45) is 0 Å². The monoisotopic (exact) mass is 393 g/mol. The Morgan fingerprint density at radius 2 is 1.90 bits per heavy atom. The highest BCUT2D eigenvalue weighted by Crippen LogP contribution is 2.27. The molecule has 0 saturated carbocycles. The highest BCUT2D eigenvalue weighted by molar-refractivity contribution is 5.80. The number of amides is 1. The number of para-hydroxylation sites is 1. The van der Waals surface area contributed by atoms with Crippen molar-refractivity contribution in [1.82, 2.24) is 15.0 Å². The standard InChI is InChI=1S/C23H27N3O3/c1-15(2)19-11-6-7-12-20(19)28-17(4)23(27)26(5)14-21-24-22(25-29-21)18-10-8-9-16(3)13-18/h6-13,15,17H,14H2,1-5H3. The van der Waals surface area contributed by atoms with Gasteiger partial charge in [0, 0.05) is 12.6 Å². The van der Waals surface area contributed by atoms with Crippen LogP contribution < -0.4 is 4.74 Å². The number of aromatic nitrogens is 2. The number of hydrogen-bond donors (Lipinski definition) is 0. The van der Waals surface area contributed by atoms with Crippen LogP contribution in [0.1, 0.15) is 43.7 Å². The van der Waals surface area contributed by atoms with Gasteiger partial charge in [-0.1, -0.05) is 61.0 Å².